The molecule has 0 bridgehead atoms. The van der Waals surface area contributed by atoms with Crippen LogP contribution in [0.15, 0.2) is 107 Å². The second kappa shape index (κ2) is 10.9. The van der Waals surface area contributed by atoms with Gasteiger partial charge < -0.3 is 5.32 Å². The fraction of sp³-hybridized carbons (Fsp3) is 0.0741. The Morgan fingerprint density at radius 3 is 2.05 bits per heavy atom. The molecule has 0 spiro atoms. The molecule has 0 saturated heterocycles. The van der Waals surface area contributed by atoms with E-state index in [1.165, 1.54) is 61.6 Å². The zero-order valence-electron chi connectivity index (χ0n) is 20.4. The summed E-state index contributed by atoms with van der Waals surface area (Å²) in [6.07, 6.45) is 0. The van der Waals surface area contributed by atoms with Crippen molar-refractivity contribution in [3.05, 3.63) is 113 Å². The Morgan fingerprint density at radius 2 is 1.39 bits per heavy atom. The first-order valence-corrected chi connectivity index (χ1v) is 14.6. The third-order valence-electron chi connectivity index (χ3n) is 5.67. The van der Waals surface area contributed by atoms with Crippen LogP contribution in [0.5, 0.6) is 0 Å². The Kier molecular flexibility index (Phi) is 7.77. The Labute approximate surface area is 227 Å². The predicted octanol–water partition coefficient (Wildman–Crippen LogP) is 5.53. The van der Waals surface area contributed by atoms with Gasteiger partial charge in [0.05, 0.1) is 26.7 Å². The standard InChI is InChI=1S/C27H24ClN3O5S2/c1-19-10-14-24(15-11-19)38(35,36)31(2)26-9-4-3-8-25(26)27(32)29-21-12-16-23(17-13-21)37(33,34)30-22-7-5-6-20(28)18-22/h3-18,30H,1-2H3,(H,29,32). The van der Waals surface area contributed by atoms with Gasteiger partial charge in [0.15, 0.2) is 0 Å². The van der Waals surface area contributed by atoms with Crippen LogP contribution in [0.25, 0.3) is 0 Å². The summed E-state index contributed by atoms with van der Waals surface area (Å²) in [7, 11) is -6.42. The SMILES string of the molecule is Cc1ccc(S(=O)(=O)N(C)c2ccccc2C(=O)Nc2ccc(S(=O)(=O)Nc3cccc(Cl)c3)cc2)cc1. The molecule has 11 heteroatoms. The van der Waals surface area contributed by atoms with E-state index in [1.54, 1.807) is 42.5 Å². The Hall–Kier alpha value is -3.86. The van der Waals surface area contributed by atoms with E-state index in [-0.39, 0.29) is 21.0 Å². The third-order valence-corrected chi connectivity index (χ3v) is 9.08. The normalized spacial score (nSPS) is 11.6. The summed E-state index contributed by atoms with van der Waals surface area (Å²) in [5, 5.41) is 3.08. The van der Waals surface area contributed by atoms with Gasteiger partial charge in [0, 0.05) is 17.8 Å². The third kappa shape index (κ3) is 5.99. The van der Waals surface area contributed by atoms with Crippen molar-refractivity contribution in [2.45, 2.75) is 16.7 Å². The van der Waals surface area contributed by atoms with Crippen LogP contribution in [0.4, 0.5) is 17.1 Å². The number of anilines is 3. The van der Waals surface area contributed by atoms with Crippen molar-refractivity contribution in [2.24, 2.45) is 0 Å². The molecule has 0 atom stereocenters. The molecule has 0 aromatic heterocycles. The first-order valence-electron chi connectivity index (χ1n) is 11.3. The molecule has 4 rings (SSSR count). The molecule has 0 heterocycles. The quantitative estimate of drug-likeness (QED) is 0.290. The number of para-hydroxylation sites is 1. The number of carbonyl (C=O) groups excluding carboxylic acids is 1. The average Bonchev–Trinajstić information content (AvgIpc) is 2.88. The van der Waals surface area contributed by atoms with Gasteiger partial charge >= 0.3 is 0 Å². The Balaban J connectivity index is 1.53. The molecule has 0 aliphatic carbocycles. The lowest BCUT2D eigenvalue weighted by atomic mass is 10.1. The van der Waals surface area contributed by atoms with Crippen LogP contribution < -0.4 is 14.3 Å². The number of carbonyl (C=O) groups is 1. The number of benzene rings is 4. The van der Waals surface area contributed by atoms with Crippen LogP contribution in [0.1, 0.15) is 15.9 Å². The maximum Gasteiger partial charge on any atom is 0.264 e. The molecule has 4 aromatic rings. The first kappa shape index (κ1) is 27.2. The van der Waals surface area contributed by atoms with Crippen molar-refractivity contribution in [3.63, 3.8) is 0 Å². The van der Waals surface area contributed by atoms with Crippen molar-refractivity contribution in [1.29, 1.82) is 0 Å². The van der Waals surface area contributed by atoms with Crippen molar-refractivity contribution in [1.82, 2.24) is 0 Å². The summed E-state index contributed by atoms with van der Waals surface area (Å²) < 4.78 is 55.3. The van der Waals surface area contributed by atoms with Gasteiger partial charge in [-0.05, 0) is 73.7 Å². The minimum absolute atomic E-state index is 0.0141. The van der Waals surface area contributed by atoms with Crippen LogP contribution in [-0.2, 0) is 20.0 Å². The molecule has 0 aliphatic rings. The number of nitrogens with zero attached hydrogens (tertiary/aromatic N) is 1. The number of hydrogen-bond donors (Lipinski definition) is 2. The highest BCUT2D eigenvalue weighted by Crippen LogP contribution is 2.27. The predicted molar refractivity (Wildman–Crippen MR) is 150 cm³/mol. The second-order valence-electron chi connectivity index (χ2n) is 8.40. The molecule has 4 aromatic carbocycles. The number of halogens is 1. The Morgan fingerprint density at radius 1 is 0.763 bits per heavy atom. The van der Waals surface area contributed by atoms with Gasteiger partial charge in [-0.3, -0.25) is 13.8 Å². The number of sulfonamides is 2. The van der Waals surface area contributed by atoms with E-state index in [0.717, 1.165) is 9.87 Å². The van der Waals surface area contributed by atoms with Gasteiger partial charge in [0.2, 0.25) is 0 Å². The van der Waals surface area contributed by atoms with E-state index in [4.69, 9.17) is 11.6 Å². The Bertz CT molecular complexity index is 1690. The first-order chi connectivity index (χ1) is 18.0. The van der Waals surface area contributed by atoms with Crippen LogP contribution in [0.2, 0.25) is 5.02 Å². The molecule has 196 valence electrons. The highest BCUT2D eigenvalue weighted by Gasteiger charge is 2.25. The van der Waals surface area contributed by atoms with E-state index in [9.17, 15) is 21.6 Å². The fourth-order valence-corrected chi connectivity index (χ4v) is 6.07. The van der Waals surface area contributed by atoms with Crippen molar-refractivity contribution in [2.75, 3.05) is 21.4 Å². The molecule has 38 heavy (non-hydrogen) atoms. The highest BCUT2D eigenvalue weighted by molar-refractivity contribution is 7.93. The monoisotopic (exact) mass is 569 g/mol. The summed E-state index contributed by atoms with van der Waals surface area (Å²) in [5.41, 5.74) is 1.89. The number of amides is 1. The lowest BCUT2D eigenvalue weighted by molar-refractivity contribution is 0.102. The van der Waals surface area contributed by atoms with E-state index in [2.05, 4.69) is 10.0 Å². The summed E-state index contributed by atoms with van der Waals surface area (Å²) in [6, 6.07) is 24.7. The van der Waals surface area contributed by atoms with E-state index >= 15 is 0 Å². The molecule has 0 unspecified atom stereocenters. The minimum atomic E-state index is -3.92. The highest BCUT2D eigenvalue weighted by atomic mass is 35.5. The van der Waals surface area contributed by atoms with Gasteiger partial charge in [-0.25, -0.2) is 16.8 Å². The molecular weight excluding hydrogens is 546 g/mol. The van der Waals surface area contributed by atoms with E-state index in [0.29, 0.717) is 16.4 Å². The van der Waals surface area contributed by atoms with Crippen LogP contribution in [-0.4, -0.2) is 29.8 Å². The molecule has 2 N–H and O–H groups in total. The minimum Gasteiger partial charge on any atom is -0.322 e. The summed E-state index contributed by atoms with van der Waals surface area (Å²) in [5.74, 6) is -0.556. The maximum atomic E-state index is 13.2. The van der Waals surface area contributed by atoms with Crippen LogP contribution in [0.3, 0.4) is 0 Å². The van der Waals surface area contributed by atoms with Crippen LogP contribution >= 0.6 is 11.6 Å². The maximum absolute atomic E-state index is 13.2. The topological polar surface area (TPSA) is 113 Å². The lowest BCUT2D eigenvalue weighted by Gasteiger charge is -2.22. The van der Waals surface area contributed by atoms with Crippen molar-refractivity contribution >= 4 is 54.6 Å². The molecule has 0 radical (unpaired) electrons. The summed E-state index contributed by atoms with van der Waals surface area (Å²) >= 11 is 5.92. The van der Waals surface area contributed by atoms with Gasteiger partial charge in [0.1, 0.15) is 0 Å². The zero-order chi connectivity index (χ0) is 27.5. The van der Waals surface area contributed by atoms with Crippen molar-refractivity contribution in [3.8, 4) is 0 Å². The average molecular weight is 570 g/mol. The number of nitrogens with one attached hydrogen (secondary N) is 2. The largest absolute Gasteiger partial charge is 0.322 e. The summed E-state index contributed by atoms with van der Waals surface area (Å²) in [6.45, 7) is 1.86. The van der Waals surface area contributed by atoms with Crippen LogP contribution in [0, 0.1) is 6.92 Å². The van der Waals surface area contributed by atoms with Gasteiger partial charge in [0.25, 0.3) is 26.0 Å². The number of rotatable bonds is 8. The summed E-state index contributed by atoms with van der Waals surface area (Å²) in [4.78, 5) is 13.2. The number of aryl methyl sites for hydroxylation is 1. The molecular formula is C27H24ClN3O5S2. The zero-order valence-corrected chi connectivity index (χ0v) is 22.8. The van der Waals surface area contributed by atoms with E-state index < -0.39 is 26.0 Å². The fourth-order valence-electron chi connectivity index (χ4n) is 3.62. The van der Waals surface area contributed by atoms with Gasteiger partial charge in [-0.15, -0.1) is 0 Å². The van der Waals surface area contributed by atoms with Crippen molar-refractivity contribution < 1.29 is 21.6 Å². The molecule has 1 amide bonds. The molecule has 8 nitrogen and oxygen atoms in total. The second-order valence-corrected chi connectivity index (χ2v) is 12.5. The smallest absolute Gasteiger partial charge is 0.264 e. The lowest BCUT2D eigenvalue weighted by Crippen LogP contribution is -2.29. The molecule has 0 saturated carbocycles. The molecule has 0 aliphatic heterocycles. The van der Waals surface area contributed by atoms with Gasteiger partial charge in [-0.1, -0.05) is 47.5 Å². The number of hydrogen-bond acceptors (Lipinski definition) is 5. The molecule has 0 fully saturated rings. The van der Waals surface area contributed by atoms with E-state index in [1.807, 2.05) is 6.92 Å². The van der Waals surface area contributed by atoms with Gasteiger partial charge in [-0.2, -0.15) is 0 Å².